The number of hydrogen-bond donors (Lipinski definition) is 1. The van der Waals surface area contributed by atoms with E-state index in [0.29, 0.717) is 5.88 Å². The van der Waals surface area contributed by atoms with Crippen LogP contribution in [-0.2, 0) is 0 Å². The van der Waals surface area contributed by atoms with E-state index >= 15 is 0 Å². The Bertz CT molecular complexity index is 284. The summed E-state index contributed by atoms with van der Waals surface area (Å²) in [5.74, 6) is 1.47. The lowest BCUT2D eigenvalue weighted by Gasteiger charge is -2.24. The van der Waals surface area contributed by atoms with Crippen LogP contribution in [0.4, 0.5) is 5.82 Å². The summed E-state index contributed by atoms with van der Waals surface area (Å²) in [5.41, 5.74) is 1.03. The first-order valence-electron chi connectivity index (χ1n) is 4.31. The van der Waals surface area contributed by atoms with E-state index in [-0.39, 0.29) is 5.54 Å². The Hall–Kier alpha value is -0.760. The fourth-order valence-electron chi connectivity index (χ4n) is 0.970. The zero-order valence-corrected chi connectivity index (χ0v) is 9.02. The molecule has 0 amide bonds. The lowest BCUT2D eigenvalue weighted by atomic mass is 10.1. The molecule has 0 spiro atoms. The van der Waals surface area contributed by atoms with E-state index in [1.54, 1.807) is 6.20 Å². The second-order valence-corrected chi connectivity index (χ2v) is 4.08. The molecular formula is C10H15ClN2. The lowest BCUT2D eigenvalue weighted by Crippen LogP contribution is -2.33. The largest absolute Gasteiger partial charge is 0.364 e. The molecule has 0 aromatic carbocycles. The van der Waals surface area contributed by atoms with E-state index in [1.165, 1.54) is 0 Å². The fraction of sp³-hybridized carbons (Fsp3) is 0.500. The first kappa shape index (κ1) is 10.3. The fourth-order valence-corrected chi connectivity index (χ4v) is 1.04. The summed E-state index contributed by atoms with van der Waals surface area (Å²) in [5, 5.41) is 3.29. The smallest absolute Gasteiger partial charge is 0.129 e. The van der Waals surface area contributed by atoms with Crippen LogP contribution >= 0.6 is 11.6 Å². The average Bonchev–Trinajstić information content (AvgIpc) is 2.09. The molecule has 3 heteroatoms. The van der Waals surface area contributed by atoms with Crippen molar-refractivity contribution in [3.63, 3.8) is 0 Å². The van der Waals surface area contributed by atoms with Gasteiger partial charge in [0, 0.05) is 17.6 Å². The molecule has 0 saturated carbocycles. The summed E-state index contributed by atoms with van der Waals surface area (Å²) in [6.07, 6.45) is 1.78. The Labute approximate surface area is 84.3 Å². The average molecular weight is 199 g/mol. The maximum atomic E-state index is 5.81. The van der Waals surface area contributed by atoms with Crippen molar-refractivity contribution in [2.75, 3.05) is 11.2 Å². The van der Waals surface area contributed by atoms with Crippen LogP contribution in [-0.4, -0.2) is 16.4 Å². The summed E-state index contributed by atoms with van der Waals surface area (Å²) in [6.45, 7) is 6.13. The Morgan fingerprint density at radius 1 is 1.54 bits per heavy atom. The van der Waals surface area contributed by atoms with Gasteiger partial charge in [0.15, 0.2) is 0 Å². The summed E-state index contributed by atoms with van der Waals surface area (Å²) in [4.78, 5) is 4.24. The van der Waals surface area contributed by atoms with E-state index < -0.39 is 0 Å². The van der Waals surface area contributed by atoms with Crippen LogP contribution in [0.2, 0.25) is 0 Å². The number of aryl methyl sites for hydroxylation is 1. The molecule has 1 aromatic rings. The molecule has 1 rings (SSSR count). The standard InChI is InChI=1S/C10H15ClN2/c1-8-5-4-6-12-9(8)13-10(2,3)7-11/h4-6H,7H2,1-3H3,(H,12,13). The molecule has 0 aliphatic rings. The van der Waals surface area contributed by atoms with Crippen LogP contribution in [0.1, 0.15) is 19.4 Å². The van der Waals surface area contributed by atoms with Crippen molar-refractivity contribution in [2.24, 2.45) is 0 Å². The van der Waals surface area contributed by atoms with Crippen LogP contribution in [0.25, 0.3) is 0 Å². The molecule has 1 N–H and O–H groups in total. The number of nitrogens with zero attached hydrogens (tertiary/aromatic N) is 1. The normalized spacial score (nSPS) is 11.4. The molecule has 13 heavy (non-hydrogen) atoms. The number of nitrogens with one attached hydrogen (secondary N) is 1. The topological polar surface area (TPSA) is 24.9 Å². The Kier molecular flexibility index (Phi) is 3.15. The highest BCUT2D eigenvalue weighted by Crippen LogP contribution is 2.16. The van der Waals surface area contributed by atoms with Crippen molar-refractivity contribution in [3.8, 4) is 0 Å². The van der Waals surface area contributed by atoms with Gasteiger partial charge in [0.25, 0.3) is 0 Å². The maximum absolute atomic E-state index is 5.81. The molecule has 1 aromatic heterocycles. The van der Waals surface area contributed by atoms with E-state index in [4.69, 9.17) is 11.6 Å². The monoisotopic (exact) mass is 198 g/mol. The highest BCUT2D eigenvalue weighted by atomic mass is 35.5. The van der Waals surface area contributed by atoms with Gasteiger partial charge in [0.05, 0.1) is 0 Å². The molecule has 72 valence electrons. The quantitative estimate of drug-likeness (QED) is 0.756. The number of aromatic nitrogens is 1. The number of anilines is 1. The molecule has 0 bridgehead atoms. The van der Waals surface area contributed by atoms with Crippen molar-refractivity contribution < 1.29 is 0 Å². The van der Waals surface area contributed by atoms with Gasteiger partial charge in [0.1, 0.15) is 5.82 Å². The van der Waals surface area contributed by atoms with Crippen molar-refractivity contribution in [2.45, 2.75) is 26.3 Å². The molecule has 2 nitrogen and oxygen atoms in total. The number of halogens is 1. The van der Waals surface area contributed by atoms with Gasteiger partial charge in [-0.25, -0.2) is 4.98 Å². The number of hydrogen-bond acceptors (Lipinski definition) is 2. The molecule has 0 atom stereocenters. The maximum Gasteiger partial charge on any atom is 0.129 e. The molecule has 0 radical (unpaired) electrons. The third-order valence-electron chi connectivity index (χ3n) is 1.80. The van der Waals surface area contributed by atoms with Crippen molar-refractivity contribution in [1.82, 2.24) is 4.98 Å². The number of rotatable bonds is 3. The molecule has 0 fully saturated rings. The molecule has 1 heterocycles. The minimum Gasteiger partial charge on any atom is -0.364 e. The first-order chi connectivity index (χ1) is 6.05. The van der Waals surface area contributed by atoms with Crippen LogP contribution < -0.4 is 5.32 Å². The Balaban J connectivity index is 2.80. The Morgan fingerprint density at radius 3 is 2.77 bits per heavy atom. The highest BCUT2D eigenvalue weighted by molar-refractivity contribution is 6.18. The zero-order chi connectivity index (χ0) is 9.90. The van der Waals surface area contributed by atoms with Gasteiger partial charge in [-0.05, 0) is 32.4 Å². The van der Waals surface area contributed by atoms with E-state index in [1.807, 2.05) is 32.9 Å². The summed E-state index contributed by atoms with van der Waals surface area (Å²) < 4.78 is 0. The van der Waals surface area contributed by atoms with Crippen molar-refractivity contribution in [3.05, 3.63) is 23.9 Å². The number of alkyl halides is 1. The first-order valence-corrected chi connectivity index (χ1v) is 4.84. The van der Waals surface area contributed by atoms with Gasteiger partial charge < -0.3 is 5.32 Å². The SMILES string of the molecule is Cc1cccnc1NC(C)(C)CCl. The van der Waals surface area contributed by atoms with Crippen LogP contribution in [0.5, 0.6) is 0 Å². The van der Waals surface area contributed by atoms with Gasteiger partial charge in [-0.1, -0.05) is 6.07 Å². The van der Waals surface area contributed by atoms with E-state index in [9.17, 15) is 0 Å². The van der Waals surface area contributed by atoms with Gasteiger partial charge in [-0.2, -0.15) is 0 Å². The van der Waals surface area contributed by atoms with E-state index in [2.05, 4.69) is 10.3 Å². The molecular weight excluding hydrogens is 184 g/mol. The van der Waals surface area contributed by atoms with Gasteiger partial charge in [-0.15, -0.1) is 11.6 Å². The van der Waals surface area contributed by atoms with Crippen molar-refractivity contribution in [1.29, 1.82) is 0 Å². The number of pyridine rings is 1. The third kappa shape index (κ3) is 2.88. The lowest BCUT2D eigenvalue weighted by molar-refractivity contribution is 0.637. The van der Waals surface area contributed by atoms with Gasteiger partial charge in [0.2, 0.25) is 0 Å². The summed E-state index contributed by atoms with van der Waals surface area (Å²) in [6, 6.07) is 3.95. The van der Waals surface area contributed by atoms with Gasteiger partial charge >= 0.3 is 0 Å². The Morgan fingerprint density at radius 2 is 2.23 bits per heavy atom. The third-order valence-corrected chi connectivity index (χ3v) is 2.47. The molecule has 0 aliphatic heterocycles. The molecule has 0 unspecified atom stereocenters. The van der Waals surface area contributed by atoms with Crippen LogP contribution in [0, 0.1) is 6.92 Å². The van der Waals surface area contributed by atoms with E-state index in [0.717, 1.165) is 11.4 Å². The van der Waals surface area contributed by atoms with Gasteiger partial charge in [-0.3, -0.25) is 0 Å². The second kappa shape index (κ2) is 3.97. The highest BCUT2D eigenvalue weighted by Gasteiger charge is 2.16. The molecule has 0 saturated heterocycles. The minimum absolute atomic E-state index is 0.110. The minimum atomic E-state index is -0.110. The van der Waals surface area contributed by atoms with Crippen molar-refractivity contribution >= 4 is 17.4 Å². The molecule has 0 aliphatic carbocycles. The zero-order valence-electron chi connectivity index (χ0n) is 8.26. The predicted molar refractivity (Wildman–Crippen MR) is 57.4 cm³/mol. The summed E-state index contributed by atoms with van der Waals surface area (Å²) in [7, 11) is 0. The predicted octanol–water partition coefficient (Wildman–Crippen LogP) is 2.82. The summed E-state index contributed by atoms with van der Waals surface area (Å²) >= 11 is 5.81. The second-order valence-electron chi connectivity index (χ2n) is 3.81. The van der Waals surface area contributed by atoms with Crippen LogP contribution in [0.15, 0.2) is 18.3 Å². The van der Waals surface area contributed by atoms with Crippen LogP contribution in [0.3, 0.4) is 0 Å².